The second kappa shape index (κ2) is 21.6. The number of nitrogens with one attached hydrogen (secondary N) is 1. The van der Waals surface area contributed by atoms with Gasteiger partial charge in [0.2, 0.25) is 6.10 Å². The molecule has 1 aliphatic heterocycles. The van der Waals surface area contributed by atoms with E-state index in [4.69, 9.17) is 28.4 Å². The van der Waals surface area contributed by atoms with E-state index in [0.717, 1.165) is 0 Å². The SMILES string of the molecule is CC(=O)CCCC(=O)O[C@@H](C(=O)O[C@H]1CC2(O)[C@@H](OC(=O)c3ccccc3)[C@@H](C)C3(COC(C)=O)COC3CC(O)CC(O)C(O)[C@H](C1C)C2(C)C)C(NC(=O)OC(C)(C)C)c1ccccc1. The molecule has 1 amide bonds. The number of fused-ring (bicyclic) bond motifs is 3. The van der Waals surface area contributed by atoms with Crippen LogP contribution in [0, 0.1) is 28.6 Å². The maximum Gasteiger partial charge on any atom is 0.408 e. The largest absolute Gasteiger partial charge is 0.465 e. The summed E-state index contributed by atoms with van der Waals surface area (Å²) < 4.78 is 35.8. The molecule has 0 aromatic heterocycles. The molecule has 17 nitrogen and oxygen atoms in total. The van der Waals surface area contributed by atoms with Crippen LogP contribution in [0.2, 0.25) is 0 Å². The smallest absolute Gasteiger partial charge is 0.408 e. The van der Waals surface area contributed by atoms with Crippen LogP contribution in [0.1, 0.15) is 123 Å². The fraction of sp³-hybridized carbons (Fsp3) is 0.640. The van der Waals surface area contributed by atoms with Gasteiger partial charge in [0.25, 0.3) is 0 Å². The highest BCUT2D eigenvalue weighted by atomic mass is 16.6. The van der Waals surface area contributed by atoms with Crippen molar-refractivity contribution in [2.24, 2.45) is 28.6 Å². The Balaban J connectivity index is 1.67. The van der Waals surface area contributed by atoms with Crippen LogP contribution in [-0.4, -0.2) is 123 Å². The molecule has 5 rings (SSSR count). The lowest BCUT2D eigenvalue weighted by molar-refractivity contribution is -0.299. The predicted octanol–water partition coefficient (Wildman–Crippen LogP) is 4.94. The number of aliphatic hydroxyl groups is 4. The lowest BCUT2D eigenvalue weighted by atomic mass is 9.49. The standard InChI is InChI=1S/C50H69NO16/c1-28(52)17-16-22-38(56)65-42(40(32-18-12-10-13-19-32)51-46(60)67-47(5,6)7)45(59)64-36-25-50(61)43(66-44(58)33-20-14-11-15-21-33)30(3)49(26-62-31(4)53)27-63-37(49)24-34(54)23-35(55)41(57)39(29(36)2)48(50,8)9/h10-15,18-21,29-30,34-37,39-43,54-55,57,61H,16-17,22-27H2,1-9H3,(H,51,60)/t29?,30-,34?,35?,36+,37?,39+,40?,41?,42-,43+,49?,50?/m1/s1. The number of rotatable bonds is 14. The van der Waals surface area contributed by atoms with Gasteiger partial charge in [0, 0.05) is 56.3 Å². The number of Topliss-reactive ketones (excluding diaryl/α,β-unsaturated/α-hetero) is 1. The minimum Gasteiger partial charge on any atom is -0.465 e. The van der Waals surface area contributed by atoms with Crippen molar-refractivity contribution in [2.45, 2.75) is 161 Å². The van der Waals surface area contributed by atoms with Crippen LogP contribution in [0.3, 0.4) is 0 Å². The van der Waals surface area contributed by atoms with Gasteiger partial charge in [0.1, 0.15) is 41.8 Å². The summed E-state index contributed by atoms with van der Waals surface area (Å²) in [6, 6.07) is 14.8. The normalized spacial score (nSPS) is 31.3. The van der Waals surface area contributed by atoms with Crippen LogP contribution >= 0.6 is 0 Å². The number of ketones is 1. The summed E-state index contributed by atoms with van der Waals surface area (Å²) in [5, 5.41) is 51.7. The summed E-state index contributed by atoms with van der Waals surface area (Å²) in [6.07, 6.45) is -12.1. The summed E-state index contributed by atoms with van der Waals surface area (Å²) in [4.78, 5) is 80.4. The van der Waals surface area contributed by atoms with E-state index in [-0.39, 0.29) is 56.7 Å². The maximum atomic E-state index is 15.0. The van der Waals surface area contributed by atoms with Crippen molar-refractivity contribution < 1.29 is 77.6 Å². The van der Waals surface area contributed by atoms with Crippen molar-refractivity contribution >= 4 is 35.8 Å². The zero-order valence-electron chi connectivity index (χ0n) is 40.0. The van der Waals surface area contributed by atoms with Crippen LogP contribution in [0.15, 0.2) is 60.7 Å². The first-order chi connectivity index (χ1) is 31.3. The van der Waals surface area contributed by atoms with E-state index in [1.54, 1.807) is 97.0 Å². The monoisotopic (exact) mass is 939 g/mol. The lowest BCUT2D eigenvalue weighted by Gasteiger charge is -2.63. The summed E-state index contributed by atoms with van der Waals surface area (Å²) in [5.41, 5.74) is -5.44. The van der Waals surface area contributed by atoms with Crippen molar-refractivity contribution in [2.75, 3.05) is 13.2 Å². The Kier molecular flexibility index (Phi) is 17.1. The average molecular weight is 940 g/mol. The first-order valence-electron chi connectivity index (χ1n) is 23.0. The number of carbonyl (C=O) groups excluding carboxylic acids is 6. The number of aliphatic hydroxyl groups excluding tert-OH is 3. The molecule has 0 spiro atoms. The highest BCUT2D eigenvalue weighted by Gasteiger charge is 2.68. The number of esters is 4. The molecule has 2 aromatic carbocycles. The van der Waals surface area contributed by atoms with Crippen molar-refractivity contribution in [1.29, 1.82) is 0 Å². The quantitative estimate of drug-likeness (QED) is 0.124. The van der Waals surface area contributed by atoms with E-state index in [0.29, 0.717) is 5.56 Å². The number of alkyl carbamates (subject to hydrolysis) is 1. The number of hydrogen-bond donors (Lipinski definition) is 5. The van der Waals surface area contributed by atoms with Gasteiger partial charge in [-0.1, -0.05) is 76.2 Å². The van der Waals surface area contributed by atoms with Crippen molar-refractivity contribution in [3.05, 3.63) is 71.8 Å². The second-order valence-electron chi connectivity index (χ2n) is 20.2. The van der Waals surface area contributed by atoms with Gasteiger partial charge in [-0.05, 0) is 57.7 Å². The van der Waals surface area contributed by atoms with Gasteiger partial charge >= 0.3 is 30.0 Å². The highest BCUT2D eigenvalue weighted by Crippen LogP contribution is 2.59. The molecule has 1 saturated heterocycles. The molecule has 13 atom stereocenters. The molecule has 3 aliphatic rings. The zero-order chi connectivity index (χ0) is 49.6. The van der Waals surface area contributed by atoms with Crippen LogP contribution in [0.5, 0.6) is 0 Å². The predicted molar refractivity (Wildman–Crippen MR) is 240 cm³/mol. The molecule has 0 radical (unpaired) electrons. The van der Waals surface area contributed by atoms with Gasteiger partial charge in [0.15, 0.2) is 0 Å². The summed E-state index contributed by atoms with van der Waals surface area (Å²) in [7, 11) is 0. The number of hydrogen-bond acceptors (Lipinski definition) is 16. The minimum absolute atomic E-state index is 0.0386. The molecule has 1 heterocycles. The molecular formula is C50H69NO16. The third-order valence-corrected chi connectivity index (χ3v) is 14.0. The summed E-state index contributed by atoms with van der Waals surface area (Å²) in [6.45, 7) is 13.9. The fourth-order valence-electron chi connectivity index (χ4n) is 10.2. The molecule has 3 fully saturated rings. The Labute approximate surface area is 392 Å². The van der Waals surface area contributed by atoms with Gasteiger partial charge in [-0.2, -0.15) is 0 Å². The molecule has 2 aliphatic carbocycles. The van der Waals surface area contributed by atoms with Gasteiger partial charge in [-0.15, -0.1) is 0 Å². The molecule has 2 bridgehead atoms. The van der Waals surface area contributed by atoms with E-state index in [1.807, 2.05) is 0 Å². The summed E-state index contributed by atoms with van der Waals surface area (Å²) in [5.74, 6) is -6.64. The van der Waals surface area contributed by atoms with Crippen LogP contribution in [0.25, 0.3) is 0 Å². The van der Waals surface area contributed by atoms with Crippen LogP contribution in [0.4, 0.5) is 4.79 Å². The fourth-order valence-corrected chi connectivity index (χ4v) is 10.2. The molecule has 370 valence electrons. The van der Waals surface area contributed by atoms with Gasteiger partial charge < -0.3 is 59.0 Å². The van der Waals surface area contributed by atoms with E-state index in [9.17, 15) is 49.2 Å². The van der Waals surface area contributed by atoms with Crippen LogP contribution in [-0.2, 0) is 47.6 Å². The van der Waals surface area contributed by atoms with Crippen molar-refractivity contribution in [3.63, 3.8) is 0 Å². The highest BCUT2D eigenvalue weighted by molar-refractivity contribution is 5.89. The first kappa shape index (κ1) is 53.0. The molecule has 2 saturated carbocycles. The average Bonchev–Trinajstić information content (AvgIpc) is 3.24. The Hall–Kier alpha value is -4.94. The van der Waals surface area contributed by atoms with Gasteiger partial charge in [0.05, 0.1) is 42.0 Å². The number of amides is 1. The lowest BCUT2D eigenvalue weighted by Crippen LogP contribution is -2.72. The van der Waals surface area contributed by atoms with Crippen molar-refractivity contribution in [1.82, 2.24) is 5.32 Å². The number of ether oxygens (including phenoxy) is 6. The Morgan fingerprint density at radius 1 is 0.881 bits per heavy atom. The van der Waals surface area contributed by atoms with E-state index in [1.165, 1.54) is 26.0 Å². The molecule has 17 heteroatoms. The van der Waals surface area contributed by atoms with Crippen molar-refractivity contribution in [3.8, 4) is 0 Å². The molecule has 5 N–H and O–H groups in total. The minimum atomic E-state index is -2.24. The molecule has 8 unspecified atom stereocenters. The Bertz CT molecular complexity index is 2060. The molecule has 2 aromatic rings. The van der Waals surface area contributed by atoms with E-state index >= 15 is 0 Å². The van der Waals surface area contributed by atoms with Crippen LogP contribution < -0.4 is 5.32 Å². The number of benzene rings is 2. The zero-order valence-corrected chi connectivity index (χ0v) is 40.0. The molecule has 67 heavy (non-hydrogen) atoms. The second-order valence-corrected chi connectivity index (χ2v) is 20.2. The van der Waals surface area contributed by atoms with E-state index in [2.05, 4.69) is 5.32 Å². The maximum absolute atomic E-state index is 15.0. The molecular weight excluding hydrogens is 871 g/mol. The van der Waals surface area contributed by atoms with Gasteiger partial charge in [-0.25, -0.2) is 14.4 Å². The Morgan fingerprint density at radius 3 is 2.07 bits per heavy atom. The topological polar surface area (TPSA) is 251 Å². The third kappa shape index (κ3) is 12.2. The van der Waals surface area contributed by atoms with Gasteiger partial charge in [-0.3, -0.25) is 9.59 Å². The Morgan fingerprint density at radius 2 is 1.51 bits per heavy atom. The van der Waals surface area contributed by atoms with E-state index < -0.39 is 125 Å². The first-order valence-corrected chi connectivity index (χ1v) is 23.0. The summed E-state index contributed by atoms with van der Waals surface area (Å²) >= 11 is 0. The third-order valence-electron chi connectivity index (χ3n) is 14.0. The number of carbonyl (C=O) groups is 6.